The molecule has 0 aliphatic carbocycles. The Morgan fingerprint density at radius 2 is 1.97 bits per heavy atom. The molecule has 3 rings (SSSR count). The molecule has 0 aliphatic heterocycles. The molecule has 3 aromatic rings. The highest BCUT2D eigenvalue weighted by molar-refractivity contribution is 7.11. The van der Waals surface area contributed by atoms with E-state index in [1.54, 1.807) is 19.2 Å². The third-order valence-corrected chi connectivity index (χ3v) is 5.32. The first-order chi connectivity index (χ1) is 14.1. The molecule has 0 radical (unpaired) electrons. The Morgan fingerprint density at radius 3 is 2.60 bits per heavy atom. The Morgan fingerprint density at radius 1 is 1.27 bits per heavy atom. The van der Waals surface area contributed by atoms with E-state index in [4.69, 9.17) is 10.5 Å². The molecule has 0 bridgehead atoms. The Hall–Kier alpha value is -3.14. The lowest BCUT2D eigenvalue weighted by Gasteiger charge is -2.16. The maximum atomic E-state index is 13.4. The van der Waals surface area contributed by atoms with Crippen LogP contribution in [0.2, 0.25) is 0 Å². The van der Waals surface area contributed by atoms with Crippen molar-refractivity contribution >= 4 is 23.2 Å². The number of alkyl halides is 3. The number of hydrogen-bond donors (Lipinski definition) is 1. The van der Waals surface area contributed by atoms with Crippen LogP contribution in [0.1, 0.15) is 43.9 Å². The highest BCUT2D eigenvalue weighted by atomic mass is 32.1. The van der Waals surface area contributed by atoms with E-state index in [0.29, 0.717) is 17.1 Å². The SMILES string of the molecule is CCOC(=O)c1nc(-c2cc(C(N)=O)c(C)n2Cc2ccccc2C(F)(F)F)cs1. The number of ether oxygens (including phenoxy) is 1. The molecule has 0 saturated heterocycles. The average Bonchev–Trinajstić information content (AvgIpc) is 3.27. The zero-order valence-corrected chi connectivity index (χ0v) is 16.9. The molecule has 1 amide bonds. The topological polar surface area (TPSA) is 87.2 Å². The maximum absolute atomic E-state index is 13.4. The van der Waals surface area contributed by atoms with Crippen molar-refractivity contribution in [3.8, 4) is 11.4 Å². The number of hydrogen-bond acceptors (Lipinski definition) is 5. The lowest BCUT2D eigenvalue weighted by atomic mass is 10.1. The second-order valence-electron chi connectivity index (χ2n) is 6.39. The van der Waals surface area contributed by atoms with Crippen molar-refractivity contribution in [2.24, 2.45) is 5.73 Å². The Kier molecular flexibility index (Phi) is 5.97. The van der Waals surface area contributed by atoms with Crippen LogP contribution < -0.4 is 5.73 Å². The molecule has 1 aromatic carbocycles. The van der Waals surface area contributed by atoms with Crippen LogP contribution in [-0.2, 0) is 17.5 Å². The lowest BCUT2D eigenvalue weighted by molar-refractivity contribution is -0.138. The molecule has 30 heavy (non-hydrogen) atoms. The summed E-state index contributed by atoms with van der Waals surface area (Å²) in [5, 5.41) is 1.69. The number of aromatic nitrogens is 2. The molecule has 0 aliphatic rings. The van der Waals surface area contributed by atoms with Gasteiger partial charge in [-0.2, -0.15) is 13.2 Å². The first-order valence-electron chi connectivity index (χ1n) is 8.91. The van der Waals surface area contributed by atoms with Crippen LogP contribution in [0.15, 0.2) is 35.7 Å². The number of thiazole rings is 1. The number of nitrogens with zero attached hydrogens (tertiary/aromatic N) is 2. The minimum Gasteiger partial charge on any atom is -0.461 e. The highest BCUT2D eigenvalue weighted by Crippen LogP contribution is 2.34. The van der Waals surface area contributed by atoms with Crippen molar-refractivity contribution in [1.82, 2.24) is 9.55 Å². The third kappa shape index (κ3) is 4.23. The summed E-state index contributed by atoms with van der Waals surface area (Å²) in [5.74, 6) is -1.31. The molecule has 2 heterocycles. The van der Waals surface area contributed by atoms with Gasteiger partial charge >= 0.3 is 12.1 Å². The summed E-state index contributed by atoms with van der Waals surface area (Å²) in [6.07, 6.45) is -4.53. The second kappa shape index (κ2) is 8.31. The van der Waals surface area contributed by atoms with Crippen molar-refractivity contribution in [3.05, 3.63) is 63.1 Å². The summed E-state index contributed by atoms with van der Waals surface area (Å²) in [6, 6.07) is 6.68. The van der Waals surface area contributed by atoms with Gasteiger partial charge in [0.2, 0.25) is 5.01 Å². The van der Waals surface area contributed by atoms with Crippen LogP contribution >= 0.6 is 11.3 Å². The molecule has 2 aromatic heterocycles. The minimum atomic E-state index is -4.53. The maximum Gasteiger partial charge on any atom is 0.416 e. The molecule has 6 nitrogen and oxygen atoms in total. The van der Waals surface area contributed by atoms with E-state index < -0.39 is 23.6 Å². The summed E-state index contributed by atoms with van der Waals surface area (Å²) < 4.78 is 46.7. The zero-order chi connectivity index (χ0) is 22.1. The van der Waals surface area contributed by atoms with Crippen molar-refractivity contribution in [2.45, 2.75) is 26.6 Å². The Bertz CT molecular complexity index is 1100. The smallest absolute Gasteiger partial charge is 0.416 e. The van der Waals surface area contributed by atoms with Gasteiger partial charge in [-0.15, -0.1) is 11.3 Å². The van der Waals surface area contributed by atoms with Crippen LogP contribution in [0.5, 0.6) is 0 Å². The monoisotopic (exact) mass is 437 g/mol. The fourth-order valence-corrected chi connectivity index (χ4v) is 3.80. The molecular formula is C20H18F3N3O3S. The quantitative estimate of drug-likeness (QED) is 0.584. The summed E-state index contributed by atoms with van der Waals surface area (Å²) in [6.45, 7) is 3.29. The largest absolute Gasteiger partial charge is 0.461 e. The molecule has 2 N–H and O–H groups in total. The number of esters is 1. The summed E-state index contributed by atoms with van der Waals surface area (Å²) in [7, 11) is 0. The van der Waals surface area contributed by atoms with Crippen LogP contribution in [0.3, 0.4) is 0 Å². The standard InChI is InChI=1S/C20H18F3N3O3S/c1-3-29-19(28)18-25-15(10-30-18)16-8-13(17(24)27)11(2)26(16)9-12-6-4-5-7-14(12)20(21,22)23/h4-8,10H,3,9H2,1-2H3,(H2,24,27). The number of halogens is 3. The molecule has 0 unspecified atom stereocenters. The molecule has 0 fully saturated rings. The van der Waals surface area contributed by atoms with Gasteiger partial charge in [0, 0.05) is 17.6 Å². The third-order valence-electron chi connectivity index (χ3n) is 4.50. The van der Waals surface area contributed by atoms with Crippen molar-refractivity contribution < 1.29 is 27.5 Å². The van der Waals surface area contributed by atoms with Crippen molar-refractivity contribution in [1.29, 1.82) is 0 Å². The zero-order valence-electron chi connectivity index (χ0n) is 16.1. The van der Waals surface area contributed by atoms with E-state index in [2.05, 4.69) is 4.98 Å². The predicted octanol–water partition coefficient (Wildman–Crippen LogP) is 4.26. The molecule has 158 valence electrons. The summed E-state index contributed by atoms with van der Waals surface area (Å²) in [4.78, 5) is 28.0. The molecule has 0 atom stereocenters. The van der Waals surface area contributed by atoms with Crippen LogP contribution in [0.25, 0.3) is 11.4 Å². The number of benzene rings is 1. The second-order valence-corrected chi connectivity index (χ2v) is 7.25. The molecular weight excluding hydrogens is 419 g/mol. The van der Waals surface area contributed by atoms with Gasteiger partial charge in [-0.25, -0.2) is 9.78 Å². The first-order valence-corrected chi connectivity index (χ1v) is 9.79. The number of carbonyl (C=O) groups is 2. The Balaban J connectivity index is 2.10. The summed E-state index contributed by atoms with van der Waals surface area (Å²) >= 11 is 1.04. The number of carbonyl (C=O) groups excluding carboxylic acids is 2. The van der Waals surface area contributed by atoms with Crippen LogP contribution in [0.4, 0.5) is 13.2 Å². The molecule has 10 heteroatoms. The lowest BCUT2D eigenvalue weighted by Crippen LogP contribution is -2.15. The van der Waals surface area contributed by atoms with Crippen molar-refractivity contribution in [3.63, 3.8) is 0 Å². The van der Waals surface area contributed by atoms with Gasteiger partial charge < -0.3 is 15.0 Å². The van der Waals surface area contributed by atoms with Crippen LogP contribution in [-0.4, -0.2) is 28.0 Å². The molecule has 0 saturated carbocycles. The van der Waals surface area contributed by atoms with Gasteiger partial charge in [0.1, 0.15) is 0 Å². The summed E-state index contributed by atoms with van der Waals surface area (Å²) in [5.41, 5.74) is 5.98. The highest BCUT2D eigenvalue weighted by Gasteiger charge is 2.33. The van der Waals surface area contributed by atoms with Gasteiger partial charge in [-0.3, -0.25) is 4.79 Å². The van der Waals surface area contributed by atoms with E-state index in [-0.39, 0.29) is 29.3 Å². The van der Waals surface area contributed by atoms with Gasteiger partial charge in [0.15, 0.2) is 0 Å². The molecule has 0 spiro atoms. The normalized spacial score (nSPS) is 11.5. The van der Waals surface area contributed by atoms with E-state index >= 15 is 0 Å². The average molecular weight is 437 g/mol. The first kappa shape index (κ1) is 21.6. The van der Waals surface area contributed by atoms with Gasteiger partial charge in [0.25, 0.3) is 5.91 Å². The number of primary amides is 1. The van der Waals surface area contributed by atoms with Crippen LogP contribution in [0, 0.1) is 6.92 Å². The predicted molar refractivity (Wildman–Crippen MR) is 105 cm³/mol. The van der Waals surface area contributed by atoms with Crippen molar-refractivity contribution in [2.75, 3.05) is 6.61 Å². The van der Waals surface area contributed by atoms with E-state index in [1.165, 1.54) is 28.8 Å². The number of nitrogens with two attached hydrogens (primary N) is 1. The van der Waals surface area contributed by atoms with E-state index in [1.807, 2.05) is 0 Å². The van der Waals surface area contributed by atoms with E-state index in [9.17, 15) is 22.8 Å². The fraction of sp³-hybridized carbons (Fsp3) is 0.250. The fourth-order valence-electron chi connectivity index (χ4n) is 3.09. The van der Waals surface area contributed by atoms with Gasteiger partial charge in [-0.05, 0) is 31.5 Å². The number of rotatable bonds is 6. The minimum absolute atomic E-state index is 0.0295. The van der Waals surface area contributed by atoms with E-state index in [0.717, 1.165) is 17.4 Å². The number of amides is 1. The van der Waals surface area contributed by atoms with Gasteiger partial charge in [0.05, 0.1) is 29.1 Å². The Labute approximate surface area is 174 Å². The van der Waals surface area contributed by atoms with Gasteiger partial charge in [-0.1, -0.05) is 18.2 Å².